The number of sulfonamides is 1. The van der Waals surface area contributed by atoms with Crippen molar-refractivity contribution in [2.75, 3.05) is 0 Å². The lowest BCUT2D eigenvalue weighted by molar-refractivity contribution is -0.115. The van der Waals surface area contributed by atoms with E-state index in [-0.39, 0.29) is 22.0 Å². The Balaban J connectivity index is 0.000000351. The molecule has 3 aliphatic rings. The van der Waals surface area contributed by atoms with E-state index < -0.39 is 16.0 Å². The summed E-state index contributed by atoms with van der Waals surface area (Å²) >= 11 is 0. The zero-order valence-corrected chi connectivity index (χ0v) is 57.5. The number of aryl methyl sites for hydroxylation is 2. The number of hydrogen-bond donors (Lipinski definition) is 4. The molecule has 90 heavy (non-hydrogen) atoms. The van der Waals surface area contributed by atoms with Crippen LogP contribution in [-0.4, -0.2) is 41.8 Å². The molecule has 9 rings (SSSR count). The van der Waals surface area contributed by atoms with Gasteiger partial charge < -0.3 is 15.8 Å². The van der Waals surface area contributed by atoms with E-state index in [4.69, 9.17) is 16.0 Å². The Morgan fingerprint density at radius 2 is 1.02 bits per heavy atom. The van der Waals surface area contributed by atoms with Crippen LogP contribution >= 0.6 is 0 Å². The summed E-state index contributed by atoms with van der Waals surface area (Å²) in [5.74, 6) is 3.69. The Morgan fingerprint density at radius 1 is 0.533 bits per heavy atom. The Bertz CT molecular complexity index is 3550. The summed E-state index contributed by atoms with van der Waals surface area (Å²) in [5.41, 5.74) is 20.5. The number of aromatic nitrogens is 1. The maximum Gasteiger partial charge on any atom is 0.335 e. The van der Waals surface area contributed by atoms with Gasteiger partial charge in [0, 0.05) is 42.8 Å². The summed E-state index contributed by atoms with van der Waals surface area (Å²) in [7, 11) is -3.56. The van der Waals surface area contributed by atoms with Gasteiger partial charge in [-0.05, 0) is 165 Å². The number of allylic oxidation sites excluding steroid dienone is 8. The molecule has 0 spiro atoms. The normalized spacial score (nSPS) is 12.9. The highest BCUT2D eigenvalue weighted by Gasteiger charge is 2.20. The summed E-state index contributed by atoms with van der Waals surface area (Å²) < 4.78 is 22.0. The summed E-state index contributed by atoms with van der Waals surface area (Å²) in [6.07, 6.45) is 15.8. The molecular formula is C78H103N3O8S. The van der Waals surface area contributed by atoms with E-state index in [1.807, 2.05) is 102 Å². The van der Waals surface area contributed by atoms with Crippen molar-refractivity contribution in [3.05, 3.63) is 259 Å². The highest BCUT2D eigenvalue weighted by atomic mass is 32.2. The molecule has 0 saturated heterocycles. The van der Waals surface area contributed by atoms with Gasteiger partial charge in [0.2, 0.25) is 15.6 Å². The number of nitrogens with two attached hydrogens (primary N) is 2. The number of Topliss-reactive ketones (excluding diaryl/α,β-unsaturated/α-hetero) is 2. The second-order valence-electron chi connectivity index (χ2n) is 25.1. The van der Waals surface area contributed by atoms with Gasteiger partial charge in [0.25, 0.3) is 0 Å². The first kappa shape index (κ1) is 78.0. The minimum atomic E-state index is -3.56. The van der Waals surface area contributed by atoms with Crippen molar-refractivity contribution < 1.29 is 32.7 Å². The first-order valence-electron chi connectivity index (χ1n) is 31.4. The number of benzene rings is 5. The number of carbonyl (C=O) groups is 4. The van der Waals surface area contributed by atoms with E-state index in [1.54, 1.807) is 48.7 Å². The first-order valence-corrected chi connectivity index (χ1v) is 32.9. The third-order valence-corrected chi connectivity index (χ3v) is 15.7. The molecular weight excluding hydrogens is 1140 g/mol. The van der Waals surface area contributed by atoms with Crippen molar-refractivity contribution in [2.24, 2.45) is 22.7 Å². The fraction of sp³-hybridized carbons (Fsp3) is 0.372. The molecule has 6 aromatic rings. The minimum Gasteiger partial charge on any atom is -0.478 e. The number of carbonyl (C=O) groups excluding carboxylic acids is 3. The van der Waals surface area contributed by atoms with Crippen molar-refractivity contribution >= 4 is 39.0 Å². The van der Waals surface area contributed by atoms with Crippen molar-refractivity contribution in [1.82, 2.24) is 4.98 Å². The van der Waals surface area contributed by atoms with Crippen LogP contribution < -0.4 is 16.4 Å². The van der Waals surface area contributed by atoms with Crippen molar-refractivity contribution in [3.8, 4) is 0 Å². The molecule has 0 amide bonds. The van der Waals surface area contributed by atoms with Gasteiger partial charge >= 0.3 is 5.97 Å². The number of rotatable bonds is 11. The largest absolute Gasteiger partial charge is 0.478 e. The zero-order valence-electron chi connectivity index (χ0n) is 56.7. The summed E-state index contributed by atoms with van der Waals surface area (Å²) in [6, 6.07) is 40.5. The van der Waals surface area contributed by atoms with Gasteiger partial charge in [-0.3, -0.25) is 19.2 Å². The van der Waals surface area contributed by atoms with E-state index in [0.29, 0.717) is 83.6 Å². The van der Waals surface area contributed by atoms with Crippen LogP contribution in [0.2, 0.25) is 0 Å². The molecule has 1 aromatic heterocycles. The molecule has 0 radical (unpaired) electrons. The van der Waals surface area contributed by atoms with Crippen LogP contribution in [0.3, 0.4) is 0 Å². The number of aromatic carboxylic acids is 1. The molecule has 1 heterocycles. The van der Waals surface area contributed by atoms with Gasteiger partial charge in [-0.25, -0.2) is 18.4 Å². The molecule has 0 unspecified atom stereocenters. The van der Waals surface area contributed by atoms with Gasteiger partial charge in [0.05, 0.1) is 10.5 Å². The predicted octanol–water partition coefficient (Wildman–Crippen LogP) is 18.5. The van der Waals surface area contributed by atoms with E-state index in [9.17, 15) is 32.4 Å². The number of H-pyrrole nitrogens is 1. The van der Waals surface area contributed by atoms with Gasteiger partial charge in [-0.1, -0.05) is 232 Å². The van der Waals surface area contributed by atoms with Crippen LogP contribution in [0.1, 0.15) is 236 Å². The fourth-order valence-corrected chi connectivity index (χ4v) is 9.45. The highest BCUT2D eigenvalue weighted by molar-refractivity contribution is 7.89. The highest BCUT2D eigenvalue weighted by Crippen LogP contribution is 2.27. The minimum absolute atomic E-state index is 0.0220. The summed E-state index contributed by atoms with van der Waals surface area (Å²) in [4.78, 5) is 57.3. The monoisotopic (exact) mass is 1240 g/mol. The zero-order chi connectivity index (χ0) is 68.0. The van der Waals surface area contributed by atoms with Gasteiger partial charge in [0.15, 0.2) is 17.3 Å². The molecule has 3 aliphatic carbocycles. The third kappa shape index (κ3) is 29.1. The molecule has 0 atom stereocenters. The quantitative estimate of drug-likeness (QED) is 0.0972. The number of pyridine rings is 1. The number of carboxylic acids is 1. The number of ketones is 3. The molecule has 0 saturated carbocycles. The van der Waals surface area contributed by atoms with Crippen LogP contribution in [0, 0.1) is 18.8 Å². The maximum atomic E-state index is 11.4. The Labute approximate surface area is 539 Å². The average molecular weight is 1240 g/mol. The van der Waals surface area contributed by atoms with E-state index in [2.05, 4.69) is 142 Å². The molecule has 0 fully saturated rings. The SMILES string of the molecule is C=C(N)c1cccc(C(C)C)c1.CC(C)C1=CC=CCC1=O.CC(C)C1=CCC(=O)C=C1.CC(C)c1cc[nH]c(=O)c1.CC(C)c1ccc2c(c1)C(=O)CC2.CC(C)c1cccc(C(=O)O)c1.CC(C)c1cccc(S(N)(=O)=O)c1.Cc1cccc(C(C)C)c1. The van der Waals surface area contributed by atoms with Crippen molar-refractivity contribution in [2.45, 2.75) is 184 Å². The molecule has 484 valence electrons. The maximum absolute atomic E-state index is 11.4. The lowest BCUT2D eigenvalue weighted by Gasteiger charge is -2.10. The van der Waals surface area contributed by atoms with Gasteiger partial charge in [-0.2, -0.15) is 0 Å². The Kier molecular flexibility index (Phi) is 33.9. The van der Waals surface area contributed by atoms with Crippen LogP contribution in [-0.2, 0) is 26.0 Å². The number of fused-ring (bicyclic) bond motifs is 1. The smallest absolute Gasteiger partial charge is 0.335 e. The second kappa shape index (κ2) is 39.2. The topological polar surface area (TPSA) is 208 Å². The number of primary sulfonamides is 1. The lowest BCUT2D eigenvalue weighted by atomic mass is 9.94. The van der Waals surface area contributed by atoms with Crippen LogP contribution in [0.4, 0.5) is 0 Å². The van der Waals surface area contributed by atoms with Crippen LogP contribution in [0.25, 0.3) is 5.70 Å². The summed E-state index contributed by atoms with van der Waals surface area (Å²) in [5, 5.41) is 13.7. The molecule has 0 aliphatic heterocycles. The lowest BCUT2D eigenvalue weighted by Crippen LogP contribution is -2.12. The van der Waals surface area contributed by atoms with Gasteiger partial charge in [0.1, 0.15) is 0 Å². The molecule has 12 heteroatoms. The number of carboxylic acid groups (broad SMARTS) is 1. The van der Waals surface area contributed by atoms with Crippen molar-refractivity contribution in [1.29, 1.82) is 0 Å². The molecule has 0 bridgehead atoms. The summed E-state index contributed by atoms with van der Waals surface area (Å²) in [6.45, 7) is 39.5. The van der Waals surface area contributed by atoms with E-state index >= 15 is 0 Å². The standard InChI is InChI=1S/C12H14O.C11H15N.C10H12O2.C10H14.C9H13NO2S.2C9H12O.C8H11NO/c1-8(2)10-4-3-9-5-6-12(13)11(9)7-10;1-8(2)10-5-4-6-11(7-10)9(3)12;1-7(2)8-4-3-5-9(6-8)10(11)12;1-8(2)10-6-4-5-9(3)7-10;1-7(2)8-4-3-5-9(6-8)13(10,11)12;1-7(2)8-3-5-9(10)6-4-8;1-7(2)8-5-3-4-6-9(8)10;1-6(2)7-3-4-9-8(10)5-7/h3-4,7-8H,5-6H2,1-2H3;4-8H,3,12H2,1-2H3;3-7H,1-2H3,(H,11,12);4-8H,1-3H3;3-7H,1-2H3,(H2,10,11,12);2*3-5,7H,6H2,1-2H3;3-6H,1-2H3,(H,9,10). The first-order chi connectivity index (χ1) is 42.1. The molecule has 11 nitrogen and oxygen atoms in total. The van der Waals surface area contributed by atoms with E-state index in [1.165, 1.54) is 39.5 Å². The third-order valence-electron chi connectivity index (χ3n) is 14.8. The molecule has 5 aromatic carbocycles. The van der Waals surface area contributed by atoms with Crippen LogP contribution in [0.5, 0.6) is 0 Å². The molecule has 6 N–H and O–H groups in total. The fourth-order valence-electron chi connectivity index (χ4n) is 8.89. The Morgan fingerprint density at radius 3 is 1.44 bits per heavy atom. The number of nitrogens with one attached hydrogen (secondary N) is 1. The number of hydrogen-bond acceptors (Lipinski definition) is 8. The Hall–Kier alpha value is -8.06. The average Bonchev–Trinajstić information content (AvgIpc) is 1.92. The number of aromatic amines is 1. The predicted molar refractivity (Wildman–Crippen MR) is 376 cm³/mol. The van der Waals surface area contributed by atoms with Gasteiger partial charge in [-0.15, -0.1) is 0 Å². The second-order valence-corrected chi connectivity index (χ2v) is 26.6. The van der Waals surface area contributed by atoms with E-state index in [0.717, 1.165) is 39.8 Å². The van der Waals surface area contributed by atoms with Crippen LogP contribution in [0.15, 0.2) is 197 Å². The van der Waals surface area contributed by atoms with Crippen molar-refractivity contribution in [3.63, 3.8) is 0 Å².